The van der Waals surface area contributed by atoms with Gasteiger partial charge in [0.15, 0.2) is 10.7 Å². The molecule has 140 valence electrons. The zero-order valence-electron chi connectivity index (χ0n) is 15.3. The normalized spacial score (nSPS) is 15.1. The number of thiophene rings is 1. The van der Waals surface area contributed by atoms with Gasteiger partial charge in [0.05, 0.1) is 18.9 Å². The van der Waals surface area contributed by atoms with E-state index in [4.69, 9.17) is 9.47 Å². The first-order valence-corrected chi connectivity index (χ1v) is 9.98. The molecule has 1 saturated heterocycles. The van der Waals surface area contributed by atoms with E-state index in [0.717, 1.165) is 43.9 Å². The van der Waals surface area contributed by atoms with Crippen LogP contribution in [0.5, 0.6) is 5.75 Å². The second kappa shape index (κ2) is 8.98. The Balaban J connectivity index is 1.43. The fourth-order valence-corrected chi connectivity index (χ4v) is 3.83. The van der Waals surface area contributed by atoms with E-state index in [0.29, 0.717) is 29.8 Å². The second-order valence-electron chi connectivity index (χ2n) is 6.43. The number of piperidine rings is 1. The molecule has 1 fully saturated rings. The Morgan fingerprint density at radius 3 is 2.77 bits per heavy atom. The highest BCUT2D eigenvalue weighted by Crippen LogP contribution is 2.28. The quantitative estimate of drug-likeness (QED) is 0.688. The van der Waals surface area contributed by atoms with E-state index in [1.54, 1.807) is 6.92 Å². The summed E-state index contributed by atoms with van der Waals surface area (Å²) in [4.78, 5) is 14.7. The molecule has 0 bridgehead atoms. The highest BCUT2D eigenvalue weighted by molar-refractivity contribution is 7.12. The number of hydrogen-bond donors (Lipinski definition) is 0. The van der Waals surface area contributed by atoms with Gasteiger partial charge in [-0.05, 0) is 62.6 Å². The molecular weight excluding hydrogens is 350 g/mol. The van der Waals surface area contributed by atoms with Gasteiger partial charge in [-0.2, -0.15) is 5.10 Å². The molecule has 0 unspecified atom stereocenters. The van der Waals surface area contributed by atoms with Gasteiger partial charge >= 0.3 is 5.97 Å². The monoisotopic (exact) mass is 375 g/mol. The third-order valence-electron chi connectivity index (χ3n) is 4.60. The van der Waals surface area contributed by atoms with Crippen LogP contribution < -0.4 is 9.64 Å². The van der Waals surface area contributed by atoms with Crippen molar-refractivity contribution in [3.05, 3.63) is 34.2 Å². The van der Waals surface area contributed by atoms with E-state index < -0.39 is 0 Å². The smallest absolute Gasteiger partial charge is 0.352 e. The number of aryl methyl sites for hydroxylation is 1. The van der Waals surface area contributed by atoms with Crippen molar-refractivity contribution in [2.24, 2.45) is 5.92 Å². The third-order valence-corrected chi connectivity index (χ3v) is 5.47. The minimum Gasteiger partial charge on any atom is -0.492 e. The summed E-state index contributed by atoms with van der Waals surface area (Å²) in [6.07, 6.45) is 3.23. The van der Waals surface area contributed by atoms with Gasteiger partial charge in [0.25, 0.3) is 0 Å². The summed E-state index contributed by atoms with van der Waals surface area (Å²) in [5.41, 5.74) is 0.941. The summed E-state index contributed by atoms with van der Waals surface area (Å²) in [5, 5.41) is 10.3. The van der Waals surface area contributed by atoms with Crippen molar-refractivity contribution in [2.75, 3.05) is 31.2 Å². The van der Waals surface area contributed by atoms with Crippen LogP contribution in [-0.2, 0) is 4.74 Å². The molecule has 2 aromatic heterocycles. The fraction of sp³-hybridized carbons (Fsp3) is 0.526. The Morgan fingerprint density at radius 1 is 1.27 bits per heavy atom. The number of carbonyl (C=O) groups is 1. The molecule has 0 aromatic carbocycles. The molecule has 6 nitrogen and oxygen atoms in total. The van der Waals surface area contributed by atoms with E-state index in [-0.39, 0.29) is 5.97 Å². The molecule has 0 amide bonds. The molecule has 26 heavy (non-hydrogen) atoms. The van der Waals surface area contributed by atoms with E-state index in [1.807, 2.05) is 30.5 Å². The van der Waals surface area contributed by atoms with E-state index in [9.17, 15) is 4.79 Å². The van der Waals surface area contributed by atoms with Crippen molar-refractivity contribution in [1.29, 1.82) is 0 Å². The number of nitrogens with zero attached hydrogens (tertiary/aromatic N) is 3. The molecule has 0 N–H and O–H groups in total. The number of esters is 1. The number of hydrogen-bond acceptors (Lipinski definition) is 7. The van der Waals surface area contributed by atoms with E-state index in [1.165, 1.54) is 11.3 Å². The Labute approximate surface area is 158 Å². The Hall–Kier alpha value is -2.15. The molecule has 7 heteroatoms. The average Bonchev–Trinajstić information content (AvgIpc) is 3.12. The zero-order chi connectivity index (χ0) is 18.4. The topological polar surface area (TPSA) is 64.6 Å². The average molecular weight is 375 g/mol. The number of aromatic nitrogens is 2. The molecular formula is C19H25N3O3S. The van der Waals surface area contributed by atoms with Crippen molar-refractivity contribution >= 4 is 23.1 Å². The minimum absolute atomic E-state index is 0.301. The van der Waals surface area contributed by atoms with Gasteiger partial charge in [-0.1, -0.05) is 0 Å². The first kappa shape index (κ1) is 18.6. The Bertz CT molecular complexity index is 709. The van der Waals surface area contributed by atoms with Crippen molar-refractivity contribution < 1.29 is 14.3 Å². The van der Waals surface area contributed by atoms with E-state index >= 15 is 0 Å². The highest BCUT2D eigenvalue weighted by Gasteiger charge is 2.21. The SMILES string of the molecule is CCOC(=O)c1sccc1OCCC1CCN(c2ccc(C)nn2)CC1. The van der Waals surface area contributed by atoms with Crippen LogP contribution in [-0.4, -0.2) is 42.5 Å². The number of ether oxygens (including phenoxy) is 2. The fourth-order valence-electron chi connectivity index (χ4n) is 3.10. The molecule has 1 aliphatic heterocycles. The molecule has 3 heterocycles. The van der Waals surface area contributed by atoms with Crippen molar-refractivity contribution in [3.63, 3.8) is 0 Å². The van der Waals surface area contributed by atoms with Gasteiger partial charge in [0.2, 0.25) is 0 Å². The van der Waals surface area contributed by atoms with Crippen LogP contribution in [0.2, 0.25) is 0 Å². The van der Waals surface area contributed by atoms with Gasteiger partial charge in [0, 0.05) is 13.1 Å². The lowest BCUT2D eigenvalue weighted by molar-refractivity contribution is 0.0527. The Morgan fingerprint density at radius 2 is 2.08 bits per heavy atom. The maximum Gasteiger partial charge on any atom is 0.352 e. The maximum atomic E-state index is 11.9. The molecule has 2 aromatic rings. The lowest BCUT2D eigenvalue weighted by atomic mass is 9.94. The van der Waals surface area contributed by atoms with Gasteiger partial charge in [-0.3, -0.25) is 0 Å². The summed E-state index contributed by atoms with van der Waals surface area (Å²) in [6.45, 7) is 6.74. The third kappa shape index (κ3) is 4.72. The molecule has 0 spiro atoms. The molecule has 3 rings (SSSR count). The second-order valence-corrected chi connectivity index (χ2v) is 7.35. The van der Waals surface area contributed by atoms with Crippen molar-refractivity contribution in [2.45, 2.75) is 33.1 Å². The summed E-state index contributed by atoms with van der Waals surface area (Å²) in [5.74, 6) is 1.93. The molecule has 1 aliphatic rings. The number of rotatable bonds is 7. The number of carbonyl (C=O) groups excluding carboxylic acids is 1. The van der Waals surface area contributed by atoms with Gasteiger partial charge < -0.3 is 14.4 Å². The van der Waals surface area contributed by atoms with Gasteiger partial charge in [-0.25, -0.2) is 4.79 Å². The van der Waals surface area contributed by atoms with Gasteiger partial charge in [-0.15, -0.1) is 16.4 Å². The van der Waals surface area contributed by atoms with Crippen LogP contribution in [0.4, 0.5) is 5.82 Å². The largest absolute Gasteiger partial charge is 0.492 e. The lowest BCUT2D eigenvalue weighted by Gasteiger charge is -2.32. The van der Waals surface area contributed by atoms with Gasteiger partial charge in [0.1, 0.15) is 5.75 Å². The first-order chi connectivity index (χ1) is 12.7. The molecule has 0 radical (unpaired) electrons. The predicted octanol–water partition coefficient (Wildman–Crippen LogP) is 3.71. The Kier molecular flexibility index (Phi) is 6.44. The molecule has 0 aliphatic carbocycles. The van der Waals surface area contributed by atoms with E-state index in [2.05, 4.69) is 15.1 Å². The van der Waals surface area contributed by atoms with Crippen LogP contribution in [0.1, 0.15) is 41.6 Å². The summed E-state index contributed by atoms with van der Waals surface area (Å²) in [6, 6.07) is 5.89. The van der Waals surface area contributed by atoms with Crippen molar-refractivity contribution in [3.8, 4) is 5.75 Å². The van der Waals surface area contributed by atoms with Crippen molar-refractivity contribution in [1.82, 2.24) is 10.2 Å². The van der Waals surface area contributed by atoms with Crippen LogP contribution >= 0.6 is 11.3 Å². The summed E-state index contributed by atoms with van der Waals surface area (Å²) in [7, 11) is 0. The number of anilines is 1. The predicted molar refractivity (Wildman–Crippen MR) is 102 cm³/mol. The summed E-state index contributed by atoms with van der Waals surface area (Å²) < 4.78 is 10.9. The molecule has 0 atom stereocenters. The van der Waals surface area contributed by atoms with Crippen LogP contribution in [0, 0.1) is 12.8 Å². The standard InChI is InChI=1S/C19H25N3O3S/c1-3-24-19(23)18-16(9-13-26-18)25-12-8-15-6-10-22(11-7-15)17-5-4-14(2)20-21-17/h4-5,9,13,15H,3,6-8,10-12H2,1-2H3. The summed E-state index contributed by atoms with van der Waals surface area (Å²) >= 11 is 1.36. The maximum absolute atomic E-state index is 11.9. The van der Waals surface area contributed by atoms with Crippen LogP contribution in [0.25, 0.3) is 0 Å². The minimum atomic E-state index is -0.301. The zero-order valence-corrected chi connectivity index (χ0v) is 16.1. The van der Waals surface area contributed by atoms with Crippen LogP contribution in [0.3, 0.4) is 0 Å². The molecule has 0 saturated carbocycles. The van der Waals surface area contributed by atoms with Crippen LogP contribution in [0.15, 0.2) is 23.6 Å². The first-order valence-electron chi connectivity index (χ1n) is 9.10. The lowest BCUT2D eigenvalue weighted by Crippen LogP contribution is -2.34. The highest BCUT2D eigenvalue weighted by atomic mass is 32.1.